The lowest BCUT2D eigenvalue weighted by Crippen LogP contribution is -2.39. The van der Waals surface area contributed by atoms with Crippen molar-refractivity contribution in [3.8, 4) is 11.5 Å². The minimum Gasteiger partial charge on any atom is -0.486 e. The van der Waals surface area contributed by atoms with Gasteiger partial charge in [-0.15, -0.1) is 11.8 Å². The number of hydrogen-bond donors (Lipinski definition) is 1. The van der Waals surface area contributed by atoms with E-state index in [1.165, 1.54) is 11.8 Å². The Morgan fingerprint density at radius 1 is 1.23 bits per heavy atom. The van der Waals surface area contributed by atoms with Crippen LogP contribution in [0.25, 0.3) is 0 Å². The molecule has 2 aliphatic heterocycles. The van der Waals surface area contributed by atoms with Crippen LogP contribution in [0.1, 0.15) is 16.7 Å². The number of furan rings is 1. The van der Waals surface area contributed by atoms with Gasteiger partial charge in [0.15, 0.2) is 11.5 Å². The van der Waals surface area contributed by atoms with Gasteiger partial charge in [-0.2, -0.15) is 0 Å². The predicted molar refractivity (Wildman–Crippen MR) is 94.9 cm³/mol. The van der Waals surface area contributed by atoms with Gasteiger partial charge in [-0.05, 0) is 29.8 Å². The van der Waals surface area contributed by atoms with Crippen LogP contribution in [0.5, 0.6) is 11.5 Å². The van der Waals surface area contributed by atoms with Crippen molar-refractivity contribution in [2.45, 2.75) is 11.9 Å². The maximum atomic E-state index is 12.3. The number of nitrogens with one attached hydrogen (secondary N) is 1. The Morgan fingerprint density at radius 3 is 2.88 bits per heavy atom. The third-order valence-corrected chi connectivity index (χ3v) is 5.43. The lowest BCUT2D eigenvalue weighted by atomic mass is 10.1. The molecule has 0 radical (unpaired) electrons. The molecule has 1 aromatic carbocycles. The van der Waals surface area contributed by atoms with Gasteiger partial charge in [0.2, 0.25) is 11.8 Å². The first kappa shape index (κ1) is 16.8. The molecular formula is C18H18N2O5S. The molecule has 0 saturated carbocycles. The lowest BCUT2D eigenvalue weighted by molar-refractivity contribution is -0.133. The van der Waals surface area contributed by atoms with E-state index in [0.717, 1.165) is 5.56 Å². The number of carbonyl (C=O) groups is 2. The zero-order valence-electron chi connectivity index (χ0n) is 14.0. The summed E-state index contributed by atoms with van der Waals surface area (Å²) in [5, 5.41) is 2.56. The Balaban J connectivity index is 1.44. The highest BCUT2D eigenvalue weighted by Crippen LogP contribution is 2.41. The van der Waals surface area contributed by atoms with Gasteiger partial charge in [0.25, 0.3) is 0 Å². The fourth-order valence-electron chi connectivity index (χ4n) is 2.92. The van der Waals surface area contributed by atoms with Gasteiger partial charge in [0.1, 0.15) is 30.9 Å². The third-order valence-electron chi connectivity index (χ3n) is 4.17. The van der Waals surface area contributed by atoms with Crippen LogP contribution in [0.15, 0.2) is 41.0 Å². The number of thioether (sulfide) groups is 1. The van der Waals surface area contributed by atoms with Crippen molar-refractivity contribution in [2.75, 3.05) is 25.5 Å². The monoisotopic (exact) mass is 374 g/mol. The fraction of sp³-hybridized carbons (Fsp3) is 0.333. The molecule has 1 N–H and O–H groups in total. The van der Waals surface area contributed by atoms with Crippen molar-refractivity contribution in [1.29, 1.82) is 0 Å². The highest BCUT2D eigenvalue weighted by Gasteiger charge is 2.34. The topological polar surface area (TPSA) is 81.0 Å². The van der Waals surface area contributed by atoms with Gasteiger partial charge in [0.05, 0.1) is 18.6 Å². The van der Waals surface area contributed by atoms with Gasteiger partial charge in [-0.25, -0.2) is 0 Å². The van der Waals surface area contributed by atoms with Gasteiger partial charge in [0, 0.05) is 0 Å². The standard InChI is InChI=1S/C18H18N2O5S/c21-16(19-9-13-2-1-5-23-13)10-20-17(22)11-26-18(20)12-3-4-14-15(8-12)25-7-6-24-14/h1-5,8,18H,6-7,9-11H2,(H,19,21). The summed E-state index contributed by atoms with van der Waals surface area (Å²) in [5.74, 6) is 2.13. The van der Waals surface area contributed by atoms with E-state index in [2.05, 4.69) is 5.32 Å². The van der Waals surface area contributed by atoms with E-state index < -0.39 is 0 Å². The third kappa shape index (κ3) is 3.50. The van der Waals surface area contributed by atoms with Crippen LogP contribution >= 0.6 is 11.8 Å². The summed E-state index contributed by atoms with van der Waals surface area (Å²) in [6, 6.07) is 9.20. The Bertz CT molecular complexity index is 808. The fourth-order valence-corrected chi connectivity index (χ4v) is 4.10. The van der Waals surface area contributed by atoms with Crippen molar-refractivity contribution in [3.63, 3.8) is 0 Å². The Morgan fingerprint density at radius 2 is 2.08 bits per heavy atom. The smallest absolute Gasteiger partial charge is 0.240 e. The number of ether oxygens (including phenoxy) is 2. The molecule has 0 bridgehead atoms. The SMILES string of the molecule is O=C(CN1C(=O)CSC1c1ccc2c(c1)OCCO2)NCc1ccco1. The van der Waals surface area contributed by atoms with E-state index in [4.69, 9.17) is 13.9 Å². The van der Waals surface area contributed by atoms with Crippen LogP contribution in [0.2, 0.25) is 0 Å². The molecule has 4 rings (SSSR count). The molecule has 3 heterocycles. The van der Waals surface area contributed by atoms with Crippen molar-refractivity contribution in [2.24, 2.45) is 0 Å². The molecule has 1 unspecified atom stereocenters. The van der Waals surface area contributed by atoms with Gasteiger partial charge in [-0.3, -0.25) is 9.59 Å². The van der Waals surface area contributed by atoms with Crippen LogP contribution in [-0.4, -0.2) is 42.2 Å². The van der Waals surface area contributed by atoms with E-state index in [1.54, 1.807) is 23.3 Å². The Kier molecular flexibility index (Phi) is 4.75. The van der Waals surface area contributed by atoms with Crippen LogP contribution < -0.4 is 14.8 Å². The number of hydrogen-bond acceptors (Lipinski definition) is 6. The summed E-state index contributed by atoms with van der Waals surface area (Å²) < 4.78 is 16.3. The van der Waals surface area contributed by atoms with E-state index in [1.807, 2.05) is 18.2 Å². The molecule has 1 fully saturated rings. The van der Waals surface area contributed by atoms with Crippen molar-refractivity contribution < 1.29 is 23.5 Å². The maximum Gasteiger partial charge on any atom is 0.240 e. The van der Waals surface area contributed by atoms with Crippen LogP contribution in [-0.2, 0) is 16.1 Å². The first-order valence-corrected chi connectivity index (χ1v) is 9.35. The van der Waals surface area contributed by atoms with Gasteiger partial charge < -0.3 is 24.1 Å². The highest BCUT2D eigenvalue weighted by molar-refractivity contribution is 8.00. The molecule has 26 heavy (non-hydrogen) atoms. The molecule has 1 atom stereocenters. The number of fused-ring (bicyclic) bond motifs is 1. The van der Waals surface area contributed by atoms with Crippen molar-refractivity contribution in [3.05, 3.63) is 47.9 Å². The maximum absolute atomic E-state index is 12.3. The highest BCUT2D eigenvalue weighted by atomic mass is 32.2. The zero-order chi connectivity index (χ0) is 17.9. The van der Waals surface area contributed by atoms with Crippen LogP contribution in [0, 0.1) is 0 Å². The Hall–Kier alpha value is -2.61. The molecule has 1 aromatic heterocycles. The van der Waals surface area contributed by atoms with Crippen LogP contribution in [0.3, 0.4) is 0 Å². The minimum absolute atomic E-state index is 0.00561. The summed E-state index contributed by atoms with van der Waals surface area (Å²) in [4.78, 5) is 26.1. The molecule has 0 aliphatic carbocycles. The summed E-state index contributed by atoms with van der Waals surface area (Å²) in [7, 11) is 0. The van der Waals surface area contributed by atoms with E-state index in [0.29, 0.717) is 42.8 Å². The molecule has 0 spiro atoms. The van der Waals surface area contributed by atoms with E-state index >= 15 is 0 Å². The molecule has 1 saturated heterocycles. The summed E-state index contributed by atoms with van der Waals surface area (Å²) in [6.45, 7) is 1.35. The van der Waals surface area contributed by atoms with E-state index in [-0.39, 0.29) is 23.7 Å². The molecule has 2 aliphatic rings. The summed E-state index contributed by atoms with van der Waals surface area (Å²) in [6.07, 6.45) is 1.56. The molecular weight excluding hydrogens is 356 g/mol. The van der Waals surface area contributed by atoms with Crippen molar-refractivity contribution in [1.82, 2.24) is 10.2 Å². The molecule has 8 heteroatoms. The quantitative estimate of drug-likeness (QED) is 0.862. The number of nitrogens with zero attached hydrogens (tertiary/aromatic N) is 1. The number of carbonyl (C=O) groups excluding carboxylic acids is 2. The molecule has 136 valence electrons. The average molecular weight is 374 g/mol. The van der Waals surface area contributed by atoms with E-state index in [9.17, 15) is 9.59 Å². The zero-order valence-corrected chi connectivity index (χ0v) is 14.8. The second-order valence-corrected chi connectivity index (χ2v) is 7.01. The Labute approximate surface area is 154 Å². The molecule has 7 nitrogen and oxygen atoms in total. The van der Waals surface area contributed by atoms with Gasteiger partial charge >= 0.3 is 0 Å². The minimum atomic E-state index is -0.222. The summed E-state index contributed by atoms with van der Waals surface area (Å²) >= 11 is 1.50. The lowest BCUT2D eigenvalue weighted by Gasteiger charge is -2.25. The molecule has 2 aromatic rings. The summed E-state index contributed by atoms with van der Waals surface area (Å²) in [5.41, 5.74) is 0.920. The first-order valence-electron chi connectivity index (χ1n) is 8.30. The largest absolute Gasteiger partial charge is 0.486 e. The average Bonchev–Trinajstić information content (AvgIpc) is 3.30. The van der Waals surface area contributed by atoms with Crippen LogP contribution in [0.4, 0.5) is 0 Å². The van der Waals surface area contributed by atoms with Gasteiger partial charge in [-0.1, -0.05) is 6.07 Å². The van der Waals surface area contributed by atoms with Crippen molar-refractivity contribution >= 4 is 23.6 Å². The molecule has 2 amide bonds. The number of amides is 2. The second-order valence-electron chi connectivity index (χ2n) is 5.94. The predicted octanol–water partition coefficient (Wildman–Crippen LogP) is 1.94. The number of benzene rings is 1. The first-order chi connectivity index (χ1) is 12.7. The number of rotatable bonds is 5. The normalized spacial score (nSPS) is 18.8. The second kappa shape index (κ2) is 7.33.